The van der Waals surface area contributed by atoms with Crippen LogP contribution in [0.4, 0.5) is 0 Å². The Morgan fingerprint density at radius 1 is 1.30 bits per heavy atom. The first-order valence-corrected chi connectivity index (χ1v) is 8.74. The molecule has 142 valence electrons. The Labute approximate surface area is 157 Å². The van der Waals surface area contributed by atoms with Crippen molar-refractivity contribution in [3.8, 4) is 5.88 Å². The minimum absolute atomic E-state index is 0.0214. The lowest BCUT2D eigenvalue weighted by Crippen LogP contribution is -2.56. The lowest BCUT2D eigenvalue weighted by atomic mass is 9.68. The van der Waals surface area contributed by atoms with Crippen molar-refractivity contribution >= 4 is 11.6 Å². The SMILES string of the molecule is CNC.O=C1C=CC[C@H]2Cc3onc(OCc4ccccc4)c3C(=O)[C@@]12O. The monoisotopic (exact) mass is 370 g/mol. The number of aliphatic hydroxyl groups is 1. The second kappa shape index (κ2) is 7.85. The summed E-state index contributed by atoms with van der Waals surface area (Å²) < 4.78 is 10.8. The summed E-state index contributed by atoms with van der Waals surface area (Å²) in [5, 5.41) is 17.3. The molecule has 2 aromatic rings. The van der Waals surface area contributed by atoms with Gasteiger partial charge in [-0.05, 0) is 37.3 Å². The average Bonchev–Trinajstić information content (AvgIpc) is 3.07. The summed E-state index contributed by atoms with van der Waals surface area (Å²) in [7, 11) is 3.75. The molecule has 0 bridgehead atoms. The standard InChI is InChI=1S/C18H15NO5.C2H7N/c20-14-8-4-7-12-9-13-15(16(21)18(12,14)22)17(19-24-13)23-10-11-5-2-1-3-6-11;1-3-2/h1-6,8,12,22H,7,9-10H2;3H,1-2H3/t12-,18-;/m0./s1. The lowest BCUT2D eigenvalue weighted by molar-refractivity contribution is -0.133. The smallest absolute Gasteiger partial charge is 0.265 e. The van der Waals surface area contributed by atoms with Gasteiger partial charge in [-0.1, -0.05) is 36.4 Å². The number of fused-ring (bicyclic) bond motifs is 2. The van der Waals surface area contributed by atoms with Gasteiger partial charge in [0.15, 0.2) is 17.1 Å². The van der Waals surface area contributed by atoms with Gasteiger partial charge < -0.3 is 19.7 Å². The van der Waals surface area contributed by atoms with Gasteiger partial charge in [0.1, 0.15) is 12.2 Å². The van der Waals surface area contributed by atoms with E-state index in [1.54, 1.807) is 6.08 Å². The quantitative estimate of drug-likeness (QED) is 0.793. The number of Topliss-reactive ketones (excluding diaryl/α,β-unsaturated/α-hetero) is 1. The molecule has 2 aliphatic rings. The summed E-state index contributed by atoms with van der Waals surface area (Å²) in [5.74, 6) is -1.42. The van der Waals surface area contributed by atoms with Crippen LogP contribution >= 0.6 is 0 Å². The third-order valence-corrected chi connectivity index (χ3v) is 4.61. The minimum atomic E-state index is -2.04. The number of aromatic nitrogens is 1. The highest BCUT2D eigenvalue weighted by Crippen LogP contribution is 2.41. The molecule has 7 heteroatoms. The van der Waals surface area contributed by atoms with Crippen molar-refractivity contribution in [1.29, 1.82) is 0 Å². The second-order valence-electron chi connectivity index (χ2n) is 6.56. The second-order valence-corrected chi connectivity index (χ2v) is 6.56. The number of benzene rings is 1. The van der Waals surface area contributed by atoms with Gasteiger partial charge in [-0.2, -0.15) is 0 Å². The first kappa shape index (κ1) is 19.0. The molecule has 2 aliphatic carbocycles. The van der Waals surface area contributed by atoms with Gasteiger partial charge in [-0.15, -0.1) is 0 Å². The maximum atomic E-state index is 12.8. The molecule has 7 nitrogen and oxygen atoms in total. The predicted molar refractivity (Wildman–Crippen MR) is 97.5 cm³/mol. The zero-order valence-corrected chi connectivity index (χ0v) is 15.3. The molecular formula is C20H22N2O5. The van der Waals surface area contributed by atoms with Gasteiger partial charge in [0, 0.05) is 12.3 Å². The largest absolute Gasteiger partial charge is 0.470 e. The number of ketones is 2. The van der Waals surface area contributed by atoms with Crippen LogP contribution in [0.25, 0.3) is 0 Å². The van der Waals surface area contributed by atoms with Crippen LogP contribution in [-0.2, 0) is 17.8 Å². The maximum Gasteiger partial charge on any atom is 0.265 e. The first-order valence-electron chi connectivity index (χ1n) is 8.74. The number of ether oxygens (including phenoxy) is 1. The van der Waals surface area contributed by atoms with Crippen molar-refractivity contribution in [3.63, 3.8) is 0 Å². The van der Waals surface area contributed by atoms with Gasteiger partial charge in [-0.25, -0.2) is 0 Å². The normalized spacial score (nSPS) is 23.1. The number of nitrogens with zero attached hydrogens (tertiary/aromatic N) is 1. The van der Waals surface area contributed by atoms with Gasteiger partial charge in [-0.3, -0.25) is 9.59 Å². The summed E-state index contributed by atoms with van der Waals surface area (Å²) in [4.78, 5) is 24.9. The molecule has 2 N–H and O–H groups in total. The Kier molecular flexibility index (Phi) is 5.53. The Morgan fingerprint density at radius 2 is 2.00 bits per heavy atom. The van der Waals surface area contributed by atoms with Crippen molar-refractivity contribution in [2.75, 3.05) is 14.1 Å². The first-order chi connectivity index (χ1) is 13.0. The van der Waals surface area contributed by atoms with E-state index in [0.29, 0.717) is 12.2 Å². The molecule has 0 fully saturated rings. The van der Waals surface area contributed by atoms with Crippen LogP contribution < -0.4 is 10.1 Å². The predicted octanol–water partition coefficient (Wildman–Crippen LogP) is 1.70. The number of nitrogens with one attached hydrogen (secondary N) is 1. The highest BCUT2D eigenvalue weighted by molar-refractivity contribution is 6.22. The Bertz CT molecular complexity index is 859. The number of rotatable bonds is 3. The van der Waals surface area contributed by atoms with Crippen molar-refractivity contribution in [2.24, 2.45) is 5.92 Å². The molecule has 0 unspecified atom stereocenters. The number of hydrogen-bond donors (Lipinski definition) is 2. The van der Waals surface area contributed by atoms with Gasteiger partial charge in [0.25, 0.3) is 5.88 Å². The molecule has 27 heavy (non-hydrogen) atoms. The number of carbonyl (C=O) groups excluding carboxylic acids is 2. The zero-order chi connectivity index (χ0) is 19.4. The molecule has 0 aliphatic heterocycles. The van der Waals surface area contributed by atoms with Gasteiger partial charge in [0.2, 0.25) is 5.78 Å². The van der Waals surface area contributed by atoms with Crippen LogP contribution in [0, 0.1) is 5.92 Å². The molecule has 0 amide bonds. The number of allylic oxidation sites excluding steroid dienone is 1. The maximum absolute atomic E-state index is 12.8. The molecule has 1 aromatic carbocycles. The van der Waals surface area contributed by atoms with Crippen LogP contribution in [0.2, 0.25) is 0 Å². The van der Waals surface area contributed by atoms with Crippen LogP contribution in [0.5, 0.6) is 5.88 Å². The van der Waals surface area contributed by atoms with Crippen LogP contribution in [0.15, 0.2) is 47.0 Å². The van der Waals surface area contributed by atoms with E-state index in [4.69, 9.17) is 9.26 Å². The van der Waals surface area contributed by atoms with E-state index in [0.717, 1.165) is 5.56 Å². The molecule has 0 radical (unpaired) electrons. The Hall–Kier alpha value is -2.77. The summed E-state index contributed by atoms with van der Waals surface area (Å²) in [6, 6.07) is 9.41. The van der Waals surface area contributed by atoms with E-state index in [-0.39, 0.29) is 24.5 Å². The van der Waals surface area contributed by atoms with Crippen LogP contribution in [-0.4, -0.2) is 41.5 Å². The van der Waals surface area contributed by atoms with Crippen molar-refractivity contribution in [2.45, 2.75) is 25.0 Å². The van der Waals surface area contributed by atoms with Crippen LogP contribution in [0.3, 0.4) is 0 Å². The topological polar surface area (TPSA) is 102 Å². The van der Waals surface area contributed by atoms with E-state index >= 15 is 0 Å². The molecule has 2 atom stereocenters. The van der Waals surface area contributed by atoms with Crippen molar-refractivity contribution in [1.82, 2.24) is 10.5 Å². The summed E-state index contributed by atoms with van der Waals surface area (Å²) >= 11 is 0. The molecular weight excluding hydrogens is 348 g/mol. The van der Waals surface area contributed by atoms with E-state index in [9.17, 15) is 14.7 Å². The Balaban J connectivity index is 0.000000659. The Morgan fingerprint density at radius 3 is 2.70 bits per heavy atom. The highest BCUT2D eigenvalue weighted by atomic mass is 16.5. The van der Waals surface area contributed by atoms with Crippen molar-refractivity contribution < 1.29 is 24.0 Å². The molecule has 1 heterocycles. The molecule has 0 saturated carbocycles. The van der Waals surface area contributed by atoms with Crippen molar-refractivity contribution in [3.05, 3.63) is 59.4 Å². The van der Waals surface area contributed by atoms with E-state index in [2.05, 4.69) is 10.5 Å². The molecule has 0 spiro atoms. The zero-order valence-electron chi connectivity index (χ0n) is 15.3. The fourth-order valence-corrected chi connectivity index (χ4v) is 3.28. The summed E-state index contributed by atoms with van der Waals surface area (Å²) in [6.07, 6.45) is 3.64. The lowest BCUT2D eigenvalue weighted by Gasteiger charge is -2.36. The fourth-order valence-electron chi connectivity index (χ4n) is 3.28. The van der Waals surface area contributed by atoms with Gasteiger partial charge >= 0.3 is 0 Å². The summed E-state index contributed by atoms with van der Waals surface area (Å²) in [5.41, 5.74) is -1.06. The fraction of sp³-hybridized carbons (Fsp3) is 0.350. The highest BCUT2D eigenvalue weighted by Gasteiger charge is 2.56. The van der Waals surface area contributed by atoms with E-state index < -0.39 is 23.1 Å². The molecule has 0 saturated heterocycles. The van der Waals surface area contributed by atoms with E-state index in [1.807, 2.05) is 44.4 Å². The molecule has 1 aromatic heterocycles. The molecule has 4 rings (SSSR count). The van der Waals surface area contributed by atoms with Crippen LogP contribution in [0.1, 0.15) is 28.1 Å². The third kappa shape index (κ3) is 3.43. The van der Waals surface area contributed by atoms with E-state index in [1.165, 1.54) is 6.08 Å². The van der Waals surface area contributed by atoms with Gasteiger partial charge in [0.05, 0.1) is 0 Å². The minimum Gasteiger partial charge on any atom is -0.470 e. The summed E-state index contributed by atoms with van der Waals surface area (Å²) in [6.45, 7) is 0.211. The number of hydrogen-bond acceptors (Lipinski definition) is 7. The number of carbonyl (C=O) groups is 2. The average molecular weight is 370 g/mol. The third-order valence-electron chi connectivity index (χ3n) is 4.61.